The number of carbonyl (C=O) groups is 2. The first-order chi connectivity index (χ1) is 10.5. The molecule has 0 aliphatic carbocycles. The third kappa shape index (κ3) is 2.99. The minimum Gasteiger partial charge on any atom is -0.369 e. The van der Waals surface area contributed by atoms with Crippen LogP contribution in [-0.4, -0.2) is 53.8 Å². The maximum atomic E-state index is 12.4. The maximum absolute atomic E-state index is 12.4. The number of benzene rings is 1. The lowest BCUT2D eigenvalue weighted by atomic mass is 9.93. The molecule has 0 aromatic heterocycles. The van der Waals surface area contributed by atoms with Crippen molar-refractivity contribution in [2.75, 3.05) is 26.2 Å². The van der Waals surface area contributed by atoms with E-state index in [0.717, 1.165) is 50.1 Å². The molecule has 22 heavy (non-hydrogen) atoms. The highest BCUT2D eigenvalue weighted by Gasteiger charge is 2.37. The Kier molecular flexibility index (Phi) is 4.16. The van der Waals surface area contributed by atoms with Crippen molar-refractivity contribution in [3.63, 3.8) is 0 Å². The van der Waals surface area contributed by atoms with Crippen LogP contribution >= 0.6 is 0 Å². The zero-order valence-corrected chi connectivity index (χ0v) is 13.0. The molecule has 0 radical (unpaired) electrons. The second-order valence-electron chi connectivity index (χ2n) is 6.45. The molecule has 0 atom stereocenters. The van der Waals surface area contributed by atoms with Gasteiger partial charge in [-0.05, 0) is 45.0 Å². The lowest BCUT2D eigenvalue weighted by molar-refractivity contribution is -0.123. The monoisotopic (exact) mass is 301 g/mol. The number of primary amides is 1. The van der Waals surface area contributed by atoms with Crippen molar-refractivity contribution in [1.82, 2.24) is 9.80 Å². The fourth-order valence-electron chi connectivity index (χ4n) is 3.36. The molecule has 3 rings (SSSR count). The molecule has 5 nitrogen and oxygen atoms in total. The smallest absolute Gasteiger partial charge is 0.253 e. The summed E-state index contributed by atoms with van der Waals surface area (Å²) in [6.07, 6.45) is 1.69. The molecule has 0 unspecified atom stereocenters. The van der Waals surface area contributed by atoms with Gasteiger partial charge in [0, 0.05) is 30.6 Å². The number of hydrogen-bond donors (Lipinski definition) is 1. The fourth-order valence-corrected chi connectivity index (χ4v) is 3.36. The quantitative estimate of drug-likeness (QED) is 0.906. The summed E-state index contributed by atoms with van der Waals surface area (Å²) in [5.74, 6) is -0.0298. The van der Waals surface area contributed by atoms with E-state index in [1.54, 1.807) is 0 Å². The standard InChI is InChI=1S/C17H23N3O2/c1-12-3-2-4-14(9-12)17(22)20-10-15(11-20)19-7-5-13(6-8-19)16(18)21/h2-4,9,13,15H,5-8,10-11H2,1H3,(H2,18,21). The number of carbonyl (C=O) groups excluding carboxylic acids is 2. The first-order valence-electron chi connectivity index (χ1n) is 7.94. The Morgan fingerprint density at radius 3 is 2.45 bits per heavy atom. The largest absolute Gasteiger partial charge is 0.369 e. The summed E-state index contributed by atoms with van der Waals surface area (Å²) in [5, 5.41) is 0. The summed E-state index contributed by atoms with van der Waals surface area (Å²) in [7, 11) is 0. The van der Waals surface area contributed by atoms with Crippen LogP contribution in [0.3, 0.4) is 0 Å². The molecule has 0 spiro atoms. The van der Waals surface area contributed by atoms with Crippen molar-refractivity contribution in [2.45, 2.75) is 25.8 Å². The number of likely N-dealkylation sites (tertiary alicyclic amines) is 2. The average molecular weight is 301 g/mol. The number of nitrogens with zero attached hydrogens (tertiary/aromatic N) is 2. The molecular formula is C17H23N3O2. The van der Waals surface area contributed by atoms with Gasteiger partial charge in [-0.15, -0.1) is 0 Å². The average Bonchev–Trinajstić information content (AvgIpc) is 2.46. The van der Waals surface area contributed by atoms with Gasteiger partial charge in [0.05, 0.1) is 0 Å². The summed E-state index contributed by atoms with van der Waals surface area (Å²) in [6.45, 7) is 5.39. The number of rotatable bonds is 3. The van der Waals surface area contributed by atoms with E-state index >= 15 is 0 Å². The number of aryl methyl sites for hydroxylation is 1. The van der Waals surface area contributed by atoms with Crippen LogP contribution in [0.1, 0.15) is 28.8 Å². The Bertz CT molecular complexity index is 573. The summed E-state index contributed by atoms with van der Waals surface area (Å²) in [4.78, 5) is 27.9. The lowest BCUT2D eigenvalue weighted by Crippen LogP contribution is -2.62. The van der Waals surface area contributed by atoms with Crippen LogP contribution in [0.15, 0.2) is 24.3 Å². The molecule has 2 aliphatic rings. The van der Waals surface area contributed by atoms with E-state index in [1.165, 1.54) is 0 Å². The Morgan fingerprint density at radius 1 is 1.18 bits per heavy atom. The maximum Gasteiger partial charge on any atom is 0.253 e. The van der Waals surface area contributed by atoms with E-state index in [-0.39, 0.29) is 17.7 Å². The Hall–Kier alpha value is -1.88. The first-order valence-corrected chi connectivity index (χ1v) is 7.94. The van der Waals surface area contributed by atoms with Crippen molar-refractivity contribution in [3.8, 4) is 0 Å². The third-order valence-electron chi connectivity index (χ3n) is 4.86. The zero-order chi connectivity index (χ0) is 15.7. The Morgan fingerprint density at radius 2 is 1.86 bits per heavy atom. The van der Waals surface area contributed by atoms with Gasteiger partial charge in [0.15, 0.2) is 0 Å². The molecule has 2 saturated heterocycles. The van der Waals surface area contributed by atoms with Gasteiger partial charge in [0.1, 0.15) is 0 Å². The van der Waals surface area contributed by atoms with Crippen LogP contribution in [-0.2, 0) is 4.79 Å². The van der Waals surface area contributed by atoms with Crippen molar-refractivity contribution in [2.24, 2.45) is 11.7 Å². The molecule has 0 bridgehead atoms. The van der Waals surface area contributed by atoms with E-state index in [1.807, 2.05) is 36.1 Å². The van der Waals surface area contributed by atoms with Crippen molar-refractivity contribution in [3.05, 3.63) is 35.4 Å². The highest BCUT2D eigenvalue weighted by molar-refractivity contribution is 5.95. The molecule has 2 heterocycles. The Balaban J connectivity index is 1.50. The van der Waals surface area contributed by atoms with E-state index in [0.29, 0.717) is 6.04 Å². The van der Waals surface area contributed by atoms with Crippen LogP contribution in [0.2, 0.25) is 0 Å². The molecular weight excluding hydrogens is 278 g/mol. The SMILES string of the molecule is Cc1cccc(C(=O)N2CC(N3CCC(C(N)=O)CC3)C2)c1. The van der Waals surface area contributed by atoms with Crippen LogP contribution in [0.5, 0.6) is 0 Å². The van der Waals surface area contributed by atoms with Gasteiger partial charge in [0.25, 0.3) is 5.91 Å². The lowest BCUT2D eigenvalue weighted by Gasteiger charge is -2.47. The molecule has 1 aromatic carbocycles. The summed E-state index contributed by atoms with van der Waals surface area (Å²) < 4.78 is 0. The van der Waals surface area contributed by atoms with Crippen LogP contribution in [0, 0.1) is 12.8 Å². The number of nitrogens with two attached hydrogens (primary N) is 1. The van der Waals surface area contributed by atoms with Gasteiger partial charge in [-0.25, -0.2) is 0 Å². The van der Waals surface area contributed by atoms with Crippen molar-refractivity contribution >= 4 is 11.8 Å². The minimum absolute atomic E-state index is 0.0290. The van der Waals surface area contributed by atoms with Gasteiger partial charge >= 0.3 is 0 Å². The first kappa shape index (κ1) is 15.0. The van der Waals surface area contributed by atoms with Gasteiger partial charge in [-0.3, -0.25) is 14.5 Å². The summed E-state index contributed by atoms with van der Waals surface area (Å²) >= 11 is 0. The molecule has 1 aromatic rings. The van der Waals surface area contributed by atoms with Crippen LogP contribution in [0.25, 0.3) is 0 Å². The number of hydrogen-bond acceptors (Lipinski definition) is 3. The van der Waals surface area contributed by atoms with Crippen LogP contribution < -0.4 is 5.73 Å². The highest BCUT2D eigenvalue weighted by Crippen LogP contribution is 2.24. The second-order valence-corrected chi connectivity index (χ2v) is 6.45. The number of amides is 2. The Labute approximate surface area is 131 Å². The van der Waals surface area contributed by atoms with E-state index in [4.69, 9.17) is 5.73 Å². The topological polar surface area (TPSA) is 66.6 Å². The van der Waals surface area contributed by atoms with E-state index < -0.39 is 0 Å². The number of piperidine rings is 1. The predicted octanol–water partition coefficient (Wildman–Crippen LogP) is 1.02. The van der Waals surface area contributed by atoms with E-state index in [2.05, 4.69) is 4.90 Å². The van der Waals surface area contributed by atoms with Crippen molar-refractivity contribution < 1.29 is 9.59 Å². The molecule has 2 amide bonds. The van der Waals surface area contributed by atoms with Gasteiger partial charge in [-0.1, -0.05) is 17.7 Å². The van der Waals surface area contributed by atoms with Gasteiger partial charge in [0.2, 0.25) is 5.91 Å². The summed E-state index contributed by atoms with van der Waals surface area (Å²) in [5.41, 5.74) is 7.24. The molecule has 0 saturated carbocycles. The summed E-state index contributed by atoms with van der Waals surface area (Å²) in [6, 6.07) is 8.17. The second kappa shape index (κ2) is 6.08. The van der Waals surface area contributed by atoms with Gasteiger partial charge < -0.3 is 10.6 Å². The highest BCUT2D eigenvalue weighted by atomic mass is 16.2. The molecule has 5 heteroatoms. The third-order valence-corrected chi connectivity index (χ3v) is 4.86. The molecule has 2 fully saturated rings. The normalized spacial score (nSPS) is 20.7. The van der Waals surface area contributed by atoms with Crippen molar-refractivity contribution in [1.29, 1.82) is 0 Å². The minimum atomic E-state index is -0.176. The molecule has 2 aliphatic heterocycles. The fraction of sp³-hybridized carbons (Fsp3) is 0.529. The van der Waals surface area contributed by atoms with Crippen LogP contribution in [0.4, 0.5) is 0 Å². The van der Waals surface area contributed by atoms with E-state index in [9.17, 15) is 9.59 Å². The molecule has 118 valence electrons. The predicted molar refractivity (Wildman–Crippen MR) is 84.4 cm³/mol. The zero-order valence-electron chi connectivity index (χ0n) is 13.0. The molecule has 2 N–H and O–H groups in total. The van der Waals surface area contributed by atoms with Gasteiger partial charge in [-0.2, -0.15) is 0 Å².